The zero-order valence-electron chi connectivity index (χ0n) is 13.3. The maximum Gasteiger partial charge on any atom is 0.340 e. The molecule has 1 unspecified atom stereocenters. The minimum atomic E-state index is -0.684. The molecular weight excluding hydrogens is 316 g/mol. The highest BCUT2D eigenvalue weighted by Crippen LogP contribution is 2.22. The van der Waals surface area contributed by atoms with Crippen molar-refractivity contribution in [3.63, 3.8) is 0 Å². The van der Waals surface area contributed by atoms with E-state index < -0.39 is 12.1 Å². The number of carbonyl (C=O) groups is 1. The van der Waals surface area contributed by atoms with Crippen LogP contribution in [0.5, 0.6) is 11.5 Å². The summed E-state index contributed by atoms with van der Waals surface area (Å²) in [6.45, 7) is 3.79. The third-order valence-corrected chi connectivity index (χ3v) is 3.55. The summed E-state index contributed by atoms with van der Waals surface area (Å²) in [4.78, 5) is 12.1. The van der Waals surface area contributed by atoms with Gasteiger partial charge in [0.1, 0.15) is 11.5 Å². The van der Waals surface area contributed by atoms with Crippen molar-refractivity contribution in [1.29, 1.82) is 0 Å². The smallest absolute Gasteiger partial charge is 0.340 e. The molecule has 0 radical (unpaired) electrons. The van der Waals surface area contributed by atoms with Crippen molar-refractivity contribution in [2.24, 2.45) is 0 Å². The van der Waals surface area contributed by atoms with Crippen LogP contribution in [0.15, 0.2) is 42.5 Å². The maximum atomic E-state index is 12.1. The van der Waals surface area contributed by atoms with Crippen LogP contribution in [0.3, 0.4) is 0 Å². The number of hydrogen-bond donors (Lipinski definition) is 0. The van der Waals surface area contributed by atoms with Crippen LogP contribution in [0.2, 0.25) is 5.02 Å². The number of carbonyl (C=O) groups excluding carboxylic acids is 1. The van der Waals surface area contributed by atoms with Crippen molar-refractivity contribution in [1.82, 2.24) is 0 Å². The molecule has 5 heteroatoms. The molecule has 0 aliphatic carbocycles. The fourth-order valence-corrected chi connectivity index (χ4v) is 2.20. The minimum absolute atomic E-state index is 0.299. The van der Waals surface area contributed by atoms with Crippen LogP contribution in [0.25, 0.3) is 0 Å². The predicted octanol–water partition coefficient (Wildman–Crippen LogP) is 4.17. The highest BCUT2D eigenvalue weighted by Gasteiger charge is 2.17. The molecular formula is C18H19ClO4. The Bertz CT molecular complexity index is 684. The van der Waals surface area contributed by atoms with E-state index >= 15 is 0 Å². The van der Waals surface area contributed by atoms with Crippen molar-refractivity contribution in [3.8, 4) is 11.5 Å². The van der Waals surface area contributed by atoms with Gasteiger partial charge in [0.15, 0.2) is 6.10 Å². The van der Waals surface area contributed by atoms with Crippen LogP contribution >= 0.6 is 11.6 Å². The van der Waals surface area contributed by atoms with Crippen LogP contribution in [-0.2, 0) is 16.1 Å². The van der Waals surface area contributed by atoms with Crippen LogP contribution in [0, 0.1) is 6.92 Å². The molecule has 4 nitrogen and oxygen atoms in total. The summed E-state index contributed by atoms with van der Waals surface area (Å²) in [6, 6.07) is 12.6. The first kappa shape index (κ1) is 17.3. The lowest BCUT2D eigenvalue weighted by Crippen LogP contribution is -2.26. The van der Waals surface area contributed by atoms with Crippen molar-refractivity contribution >= 4 is 17.6 Å². The molecule has 0 spiro atoms. The van der Waals surface area contributed by atoms with Crippen molar-refractivity contribution < 1.29 is 19.0 Å². The first-order valence-corrected chi connectivity index (χ1v) is 7.60. The molecule has 0 heterocycles. The molecule has 0 fully saturated rings. The lowest BCUT2D eigenvalue weighted by molar-refractivity contribution is -0.147. The van der Waals surface area contributed by atoms with Crippen LogP contribution in [-0.4, -0.2) is 19.2 Å². The summed E-state index contributed by atoms with van der Waals surface area (Å²) in [6.07, 6.45) is -0.684. The summed E-state index contributed by atoms with van der Waals surface area (Å²) in [7, 11) is 1.61. The Labute approximate surface area is 140 Å². The monoisotopic (exact) mass is 334 g/mol. The van der Waals surface area contributed by atoms with Gasteiger partial charge < -0.3 is 14.2 Å². The second-order valence-corrected chi connectivity index (χ2v) is 5.57. The first-order chi connectivity index (χ1) is 11.0. The normalized spacial score (nSPS) is 11.8. The van der Waals surface area contributed by atoms with Gasteiger partial charge in [0.2, 0.25) is 0 Å². The number of benzene rings is 2. The number of halogens is 1. The number of esters is 1. The van der Waals surface area contributed by atoms with E-state index in [0.29, 0.717) is 17.4 Å². The predicted molar refractivity (Wildman–Crippen MR) is 89.1 cm³/mol. The van der Waals surface area contributed by atoms with Gasteiger partial charge in [0.05, 0.1) is 13.7 Å². The second-order valence-electron chi connectivity index (χ2n) is 5.14. The molecule has 0 aliphatic rings. The van der Waals surface area contributed by atoms with Gasteiger partial charge in [-0.2, -0.15) is 0 Å². The molecule has 122 valence electrons. The van der Waals surface area contributed by atoms with Crippen molar-refractivity contribution in [2.45, 2.75) is 26.6 Å². The van der Waals surface area contributed by atoms with E-state index in [1.807, 2.05) is 31.2 Å². The average Bonchev–Trinajstić information content (AvgIpc) is 2.55. The lowest BCUT2D eigenvalue weighted by Gasteiger charge is -2.14. The Morgan fingerprint density at radius 2 is 2.00 bits per heavy atom. The van der Waals surface area contributed by atoms with Gasteiger partial charge in [-0.05, 0) is 55.3 Å². The van der Waals surface area contributed by atoms with E-state index in [1.54, 1.807) is 32.2 Å². The molecule has 0 bridgehead atoms. The van der Waals surface area contributed by atoms with Gasteiger partial charge in [-0.1, -0.05) is 23.7 Å². The van der Waals surface area contributed by atoms with Crippen LogP contribution in [0.1, 0.15) is 18.1 Å². The molecule has 0 saturated carbocycles. The standard InChI is InChI=1S/C18H19ClO4/c1-12-9-15(19)7-8-17(12)23-18(20)13(2)22-11-14-5-4-6-16(10-14)21-3/h4-10,13H,11H2,1-3H3. The largest absolute Gasteiger partial charge is 0.497 e. The summed E-state index contributed by atoms with van der Waals surface area (Å²) in [5.74, 6) is 0.785. The Morgan fingerprint density at radius 3 is 2.70 bits per heavy atom. The van der Waals surface area contributed by atoms with Crippen LogP contribution in [0.4, 0.5) is 0 Å². The van der Waals surface area contributed by atoms with Crippen LogP contribution < -0.4 is 9.47 Å². The van der Waals surface area contributed by atoms with E-state index in [4.69, 9.17) is 25.8 Å². The summed E-state index contributed by atoms with van der Waals surface area (Å²) in [5, 5.41) is 0.602. The molecule has 23 heavy (non-hydrogen) atoms. The number of aryl methyl sites for hydroxylation is 1. The number of hydrogen-bond acceptors (Lipinski definition) is 4. The molecule has 0 aromatic heterocycles. The Kier molecular flexibility index (Phi) is 6.02. The molecule has 1 atom stereocenters. The highest BCUT2D eigenvalue weighted by molar-refractivity contribution is 6.30. The molecule has 2 aromatic carbocycles. The van der Waals surface area contributed by atoms with Gasteiger partial charge in [-0.25, -0.2) is 4.79 Å². The molecule has 0 saturated heterocycles. The van der Waals surface area contributed by atoms with E-state index in [0.717, 1.165) is 16.9 Å². The molecule has 2 rings (SSSR count). The first-order valence-electron chi connectivity index (χ1n) is 7.22. The zero-order valence-corrected chi connectivity index (χ0v) is 14.1. The van der Waals surface area contributed by atoms with Crippen molar-refractivity contribution in [3.05, 3.63) is 58.6 Å². The second kappa shape index (κ2) is 7.99. The van der Waals surface area contributed by atoms with E-state index in [1.165, 1.54) is 0 Å². The zero-order chi connectivity index (χ0) is 16.8. The summed E-state index contributed by atoms with van der Waals surface area (Å²) in [5.41, 5.74) is 1.72. The SMILES string of the molecule is COc1cccc(COC(C)C(=O)Oc2ccc(Cl)cc2C)c1. The Hall–Kier alpha value is -2.04. The quantitative estimate of drug-likeness (QED) is 0.587. The van der Waals surface area contributed by atoms with E-state index in [-0.39, 0.29) is 0 Å². The van der Waals surface area contributed by atoms with Gasteiger partial charge in [0, 0.05) is 5.02 Å². The number of rotatable bonds is 6. The van der Waals surface area contributed by atoms with Crippen molar-refractivity contribution in [2.75, 3.05) is 7.11 Å². The fourth-order valence-electron chi connectivity index (χ4n) is 1.97. The Balaban J connectivity index is 1.91. The molecule has 0 aliphatic heterocycles. The highest BCUT2D eigenvalue weighted by atomic mass is 35.5. The van der Waals surface area contributed by atoms with Gasteiger partial charge in [-0.15, -0.1) is 0 Å². The number of ether oxygens (including phenoxy) is 3. The minimum Gasteiger partial charge on any atom is -0.497 e. The van der Waals surface area contributed by atoms with Gasteiger partial charge in [0.25, 0.3) is 0 Å². The summed E-state index contributed by atoms with van der Waals surface area (Å²) >= 11 is 5.88. The molecule has 2 aromatic rings. The number of methoxy groups -OCH3 is 1. The summed E-state index contributed by atoms with van der Waals surface area (Å²) < 4.78 is 16.1. The molecule has 0 N–H and O–H groups in total. The lowest BCUT2D eigenvalue weighted by atomic mass is 10.2. The third-order valence-electron chi connectivity index (χ3n) is 3.31. The third kappa shape index (κ3) is 4.98. The topological polar surface area (TPSA) is 44.8 Å². The van der Waals surface area contributed by atoms with Gasteiger partial charge >= 0.3 is 5.97 Å². The van der Waals surface area contributed by atoms with Gasteiger partial charge in [-0.3, -0.25) is 0 Å². The Morgan fingerprint density at radius 1 is 1.22 bits per heavy atom. The molecule has 0 amide bonds. The van der Waals surface area contributed by atoms with E-state index in [2.05, 4.69) is 0 Å². The van der Waals surface area contributed by atoms with E-state index in [9.17, 15) is 4.79 Å². The maximum absolute atomic E-state index is 12.1. The fraction of sp³-hybridized carbons (Fsp3) is 0.278. The average molecular weight is 335 g/mol.